The topological polar surface area (TPSA) is 29.1 Å². The highest BCUT2D eigenvalue weighted by Gasteiger charge is 2.19. The highest BCUT2D eigenvalue weighted by molar-refractivity contribution is 5.95. The first-order chi connectivity index (χ1) is 9.70. The second kappa shape index (κ2) is 6.85. The third kappa shape index (κ3) is 3.67. The van der Waals surface area contributed by atoms with Gasteiger partial charge in [-0.1, -0.05) is 43.7 Å². The van der Waals surface area contributed by atoms with Gasteiger partial charge in [0.1, 0.15) is 5.82 Å². The smallest absolute Gasteiger partial charge is 0.231 e. The number of rotatable bonds is 5. The molecule has 0 aromatic heterocycles. The fraction of sp³-hybridized carbons (Fsp3) is 0.235. The molecule has 104 valence electrons. The normalized spacial score (nSPS) is 11.9. The first kappa shape index (κ1) is 14.3. The number of hydrogen-bond donors (Lipinski definition) is 1. The van der Waals surface area contributed by atoms with Gasteiger partial charge in [-0.3, -0.25) is 4.79 Å². The van der Waals surface area contributed by atoms with Crippen LogP contribution in [0.4, 0.5) is 10.1 Å². The van der Waals surface area contributed by atoms with Crippen LogP contribution >= 0.6 is 0 Å². The predicted octanol–water partition coefficient (Wildman–Crippen LogP) is 4.35. The Bertz CT molecular complexity index is 551. The lowest BCUT2D eigenvalue weighted by atomic mass is 9.93. The molecule has 0 fully saturated rings. The first-order valence-corrected chi connectivity index (χ1v) is 6.82. The van der Waals surface area contributed by atoms with Gasteiger partial charge in [-0.15, -0.1) is 0 Å². The minimum Gasteiger partial charge on any atom is -0.326 e. The van der Waals surface area contributed by atoms with E-state index in [1.54, 1.807) is 12.1 Å². The highest BCUT2D eigenvalue weighted by Crippen LogP contribution is 2.23. The van der Waals surface area contributed by atoms with Gasteiger partial charge in [0.05, 0.1) is 5.92 Å². The molecule has 0 aliphatic carbocycles. The Labute approximate surface area is 118 Å². The van der Waals surface area contributed by atoms with Gasteiger partial charge in [0, 0.05) is 5.69 Å². The first-order valence-electron chi connectivity index (χ1n) is 6.82. The highest BCUT2D eigenvalue weighted by atomic mass is 19.1. The number of halogens is 1. The summed E-state index contributed by atoms with van der Waals surface area (Å²) in [6, 6.07) is 15.5. The largest absolute Gasteiger partial charge is 0.326 e. The van der Waals surface area contributed by atoms with Crippen molar-refractivity contribution in [2.24, 2.45) is 0 Å². The van der Waals surface area contributed by atoms with Crippen LogP contribution in [0.3, 0.4) is 0 Å². The summed E-state index contributed by atoms with van der Waals surface area (Å²) >= 11 is 0. The molecular weight excluding hydrogens is 253 g/mol. The van der Waals surface area contributed by atoms with Crippen molar-refractivity contribution in [1.82, 2.24) is 0 Å². The molecule has 0 aliphatic heterocycles. The average molecular weight is 271 g/mol. The van der Waals surface area contributed by atoms with Crippen molar-refractivity contribution in [1.29, 1.82) is 0 Å². The molecule has 1 amide bonds. The molecule has 2 aromatic rings. The third-order valence-electron chi connectivity index (χ3n) is 3.21. The monoisotopic (exact) mass is 271 g/mol. The van der Waals surface area contributed by atoms with E-state index in [2.05, 4.69) is 12.2 Å². The van der Waals surface area contributed by atoms with Crippen LogP contribution in [-0.2, 0) is 4.79 Å². The zero-order chi connectivity index (χ0) is 14.4. The second-order valence-corrected chi connectivity index (χ2v) is 4.75. The van der Waals surface area contributed by atoms with Crippen LogP contribution in [0.1, 0.15) is 31.2 Å². The third-order valence-corrected chi connectivity index (χ3v) is 3.21. The summed E-state index contributed by atoms with van der Waals surface area (Å²) in [6.45, 7) is 2.06. The summed E-state index contributed by atoms with van der Waals surface area (Å²) in [5.74, 6) is -0.535. The standard InChI is InChI=1S/C17H18FNO/c1-2-6-16(13-7-4-3-5-8-13)17(20)19-15-11-9-14(18)10-12-15/h3-5,7-12,16H,2,6H2,1H3,(H,19,20)/t16-/m1/s1. The van der Waals surface area contributed by atoms with Crippen molar-refractivity contribution >= 4 is 11.6 Å². The maximum atomic E-state index is 12.9. The molecular formula is C17H18FNO. The van der Waals surface area contributed by atoms with E-state index in [0.717, 1.165) is 18.4 Å². The van der Waals surface area contributed by atoms with E-state index >= 15 is 0 Å². The van der Waals surface area contributed by atoms with E-state index in [1.807, 2.05) is 30.3 Å². The second-order valence-electron chi connectivity index (χ2n) is 4.75. The summed E-state index contributed by atoms with van der Waals surface area (Å²) in [7, 11) is 0. The van der Waals surface area contributed by atoms with E-state index in [-0.39, 0.29) is 17.6 Å². The van der Waals surface area contributed by atoms with Crippen LogP contribution in [0.2, 0.25) is 0 Å². The molecule has 0 saturated heterocycles. The molecule has 0 heterocycles. The number of hydrogen-bond acceptors (Lipinski definition) is 1. The Kier molecular flexibility index (Phi) is 4.88. The average Bonchev–Trinajstić information content (AvgIpc) is 2.48. The van der Waals surface area contributed by atoms with Gasteiger partial charge in [-0.25, -0.2) is 4.39 Å². The zero-order valence-electron chi connectivity index (χ0n) is 11.5. The lowest BCUT2D eigenvalue weighted by molar-refractivity contribution is -0.117. The fourth-order valence-corrected chi connectivity index (χ4v) is 2.19. The quantitative estimate of drug-likeness (QED) is 0.860. The van der Waals surface area contributed by atoms with Crippen LogP contribution in [0.5, 0.6) is 0 Å². The number of benzene rings is 2. The Morgan fingerprint density at radius 1 is 1.10 bits per heavy atom. The van der Waals surface area contributed by atoms with Crippen molar-refractivity contribution in [3.05, 3.63) is 66.0 Å². The number of carbonyl (C=O) groups excluding carboxylic acids is 1. The SMILES string of the molecule is CCC[C@@H](C(=O)Nc1ccc(F)cc1)c1ccccc1. The van der Waals surface area contributed by atoms with Crippen LogP contribution in [0, 0.1) is 5.82 Å². The molecule has 0 unspecified atom stereocenters. The maximum Gasteiger partial charge on any atom is 0.231 e. The molecule has 2 nitrogen and oxygen atoms in total. The van der Waals surface area contributed by atoms with E-state index in [4.69, 9.17) is 0 Å². The van der Waals surface area contributed by atoms with Gasteiger partial charge in [0.15, 0.2) is 0 Å². The van der Waals surface area contributed by atoms with Gasteiger partial charge in [0.25, 0.3) is 0 Å². The number of amides is 1. The Balaban J connectivity index is 2.13. The molecule has 1 atom stereocenters. The van der Waals surface area contributed by atoms with Crippen molar-refractivity contribution in [2.75, 3.05) is 5.32 Å². The molecule has 0 radical (unpaired) electrons. The summed E-state index contributed by atoms with van der Waals surface area (Å²) in [4.78, 5) is 12.4. The predicted molar refractivity (Wildman–Crippen MR) is 79.1 cm³/mol. The van der Waals surface area contributed by atoms with Gasteiger partial charge in [0.2, 0.25) is 5.91 Å². The van der Waals surface area contributed by atoms with Crippen molar-refractivity contribution in [3.63, 3.8) is 0 Å². The van der Waals surface area contributed by atoms with E-state index in [0.29, 0.717) is 5.69 Å². The lowest BCUT2D eigenvalue weighted by Crippen LogP contribution is -2.21. The summed E-state index contributed by atoms with van der Waals surface area (Å²) in [5, 5.41) is 2.85. The number of nitrogens with one attached hydrogen (secondary N) is 1. The molecule has 3 heteroatoms. The van der Waals surface area contributed by atoms with Gasteiger partial charge >= 0.3 is 0 Å². The van der Waals surface area contributed by atoms with Gasteiger partial charge in [-0.05, 0) is 36.2 Å². The molecule has 20 heavy (non-hydrogen) atoms. The minimum atomic E-state index is -0.309. The molecule has 1 N–H and O–H groups in total. The Morgan fingerprint density at radius 3 is 2.35 bits per heavy atom. The molecule has 2 rings (SSSR count). The molecule has 2 aromatic carbocycles. The van der Waals surface area contributed by atoms with Crippen LogP contribution in [0.25, 0.3) is 0 Å². The molecule has 0 saturated carbocycles. The van der Waals surface area contributed by atoms with Crippen LogP contribution in [0.15, 0.2) is 54.6 Å². The zero-order valence-corrected chi connectivity index (χ0v) is 11.5. The summed E-state index contributed by atoms with van der Waals surface area (Å²) in [5.41, 5.74) is 1.63. The van der Waals surface area contributed by atoms with Crippen molar-refractivity contribution in [2.45, 2.75) is 25.7 Å². The molecule has 0 aliphatic rings. The van der Waals surface area contributed by atoms with Gasteiger partial charge in [-0.2, -0.15) is 0 Å². The Morgan fingerprint density at radius 2 is 1.75 bits per heavy atom. The number of carbonyl (C=O) groups is 1. The lowest BCUT2D eigenvalue weighted by Gasteiger charge is -2.16. The fourth-order valence-electron chi connectivity index (χ4n) is 2.19. The summed E-state index contributed by atoms with van der Waals surface area (Å²) < 4.78 is 12.9. The van der Waals surface area contributed by atoms with E-state index in [1.165, 1.54) is 12.1 Å². The van der Waals surface area contributed by atoms with E-state index < -0.39 is 0 Å². The van der Waals surface area contributed by atoms with Crippen molar-refractivity contribution in [3.8, 4) is 0 Å². The number of anilines is 1. The Hall–Kier alpha value is -2.16. The maximum absolute atomic E-state index is 12.9. The van der Waals surface area contributed by atoms with Gasteiger partial charge < -0.3 is 5.32 Å². The van der Waals surface area contributed by atoms with Crippen molar-refractivity contribution < 1.29 is 9.18 Å². The molecule has 0 spiro atoms. The van der Waals surface area contributed by atoms with E-state index in [9.17, 15) is 9.18 Å². The van der Waals surface area contributed by atoms with Crippen LogP contribution < -0.4 is 5.32 Å². The minimum absolute atomic E-state index is 0.0512. The summed E-state index contributed by atoms with van der Waals surface area (Å²) in [6.07, 6.45) is 1.72. The van der Waals surface area contributed by atoms with Crippen LogP contribution in [-0.4, -0.2) is 5.91 Å². The molecule has 0 bridgehead atoms.